The number of rotatable bonds is 4. The largest absolute Gasteiger partial charge is 0.490 e. The Morgan fingerprint density at radius 3 is 2.73 bits per heavy atom. The summed E-state index contributed by atoms with van der Waals surface area (Å²) >= 11 is 3.41. The van der Waals surface area contributed by atoms with E-state index in [-0.39, 0.29) is 5.69 Å². The summed E-state index contributed by atoms with van der Waals surface area (Å²) in [5, 5.41) is 10.7. The van der Waals surface area contributed by atoms with Gasteiger partial charge in [0.05, 0.1) is 12.0 Å². The van der Waals surface area contributed by atoms with E-state index in [1.165, 1.54) is 7.11 Å². The van der Waals surface area contributed by atoms with Crippen LogP contribution < -0.4 is 4.74 Å². The predicted molar refractivity (Wildman–Crippen MR) is 61.7 cm³/mol. The second kappa shape index (κ2) is 5.11. The average Bonchev–Trinajstić information content (AvgIpc) is 2.16. The normalized spacial score (nSPS) is 12.2. The number of nitrogens with zero attached hydrogens (tertiary/aromatic N) is 1. The Bertz CT molecular complexity index is 366. The molecule has 0 saturated carbocycles. The number of ether oxygens (including phenoxy) is 1. The maximum absolute atomic E-state index is 10.7. The van der Waals surface area contributed by atoms with E-state index in [1.807, 2.05) is 13.0 Å². The monoisotopic (exact) mass is 273 g/mol. The Kier molecular flexibility index (Phi) is 4.08. The van der Waals surface area contributed by atoms with Gasteiger partial charge in [-0.25, -0.2) is 0 Å². The van der Waals surface area contributed by atoms with E-state index >= 15 is 0 Å². The molecule has 82 valence electrons. The Hall–Kier alpha value is -1.10. The van der Waals surface area contributed by atoms with E-state index in [0.717, 1.165) is 12.0 Å². The fourth-order valence-electron chi connectivity index (χ4n) is 1.33. The summed E-state index contributed by atoms with van der Waals surface area (Å²) in [5.41, 5.74) is 0.940. The highest BCUT2D eigenvalue weighted by Crippen LogP contribution is 2.28. The molecule has 0 N–H and O–H groups in total. The first kappa shape index (κ1) is 12.0. The minimum Gasteiger partial charge on any atom is -0.490 e. The maximum Gasteiger partial charge on any atom is 0.311 e. The van der Waals surface area contributed by atoms with Crippen LogP contribution in [0.2, 0.25) is 0 Å². The molecule has 0 fully saturated rings. The zero-order valence-electron chi connectivity index (χ0n) is 8.57. The highest BCUT2D eigenvalue weighted by atomic mass is 79.9. The molecule has 0 heterocycles. The van der Waals surface area contributed by atoms with Crippen molar-refractivity contribution in [2.24, 2.45) is 0 Å². The fourth-order valence-corrected chi connectivity index (χ4v) is 1.70. The van der Waals surface area contributed by atoms with Crippen molar-refractivity contribution in [1.82, 2.24) is 0 Å². The standard InChI is InChI=1S/C10H12BrNO3/c1-7(11)5-8-3-4-10(15-2)9(6-8)12(13)14/h3-4,6-7H,5H2,1-2H3. The van der Waals surface area contributed by atoms with Gasteiger partial charge in [-0.1, -0.05) is 28.9 Å². The van der Waals surface area contributed by atoms with E-state index in [9.17, 15) is 10.1 Å². The van der Waals surface area contributed by atoms with Gasteiger partial charge in [-0.05, 0) is 18.1 Å². The van der Waals surface area contributed by atoms with Crippen molar-refractivity contribution in [1.29, 1.82) is 0 Å². The van der Waals surface area contributed by atoms with Crippen LogP contribution in [0.4, 0.5) is 5.69 Å². The molecule has 5 heteroatoms. The number of hydrogen-bond donors (Lipinski definition) is 0. The maximum atomic E-state index is 10.7. The molecule has 0 bridgehead atoms. The number of nitro groups is 1. The van der Waals surface area contributed by atoms with Gasteiger partial charge in [0.1, 0.15) is 0 Å². The lowest BCUT2D eigenvalue weighted by molar-refractivity contribution is -0.385. The summed E-state index contributed by atoms with van der Waals surface area (Å²) < 4.78 is 4.91. The van der Waals surface area contributed by atoms with Crippen molar-refractivity contribution in [2.45, 2.75) is 18.2 Å². The molecule has 0 aromatic heterocycles. The summed E-state index contributed by atoms with van der Waals surface area (Å²) in [5.74, 6) is 0.297. The third kappa shape index (κ3) is 3.20. The van der Waals surface area contributed by atoms with Gasteiger partial charge in [0, 0.05) is 10.9 Å². The second-order valence-electron chi connectivity index (χ2n) is 3.25. The summed E-state index contributed by atoms with van der Waals surface area (Å²) in [7, 11) is 1.43. The van der Waals surface area contributed by atoms with Crippen molar-refractivity contribution in [3.05, 3.63) is 33.9 Å². The number of nitro benzene ring substituents is 1. The molecule has 15 heavy (non-hydrogen) atoms. The molecular formula is C10H12BrNO3. The molecule has 1 atom stereocenters. The van der Waals surface area contributed by atoms with Crippen LogP contribution in [0.1, 0.15) is 12.5 Å². The summed E-state index contributed by atoms with van der Waals surface area (Å²) in [4.78, 5) is 10.6. The van der Waals surface area contributed by atoms with Crippen LogP contribution in [-0.2, 0) is 6.42 Å². The van der Waals surface area contributed by atoms with Gasteiger partial charge >= 0.3 is 5.69 Å². The highest BCUT2D eigenvalue weighted by molar-refractivity contribution is 9.09. The van der Waals surface area contributed by atoms with Crippen LogP contribution >= 0.6 is 15.9 Å². The molecular weight excluding hydrogens is 262 g/mol. The van der Waals surface area contributed by atoms with Crippen molar-refractivity contribution >= 4 is 21.6 Å². The van der Waals surface area contributed by atoms with Gasteiger partial charge in [0.2, 0.25) is 0 Å². The molecule has 1 unspecified atom stereocenters. The van der Waals surface area contributed by atoms with Crippen LogP contribution in [-0.4, -0.2) is 16.9 Å². The van der Waals surface area contributed by atoms with E-state index < -0.39 is 4.92 Å². The Morgan fingerprint density at radius 2 is 2.27 bits per heavy atom. The van der Waals surface area contributed by atoms with Crippen molar-refractivity contribution in [3.63, 3.8) is 0 Å². The molecule has 1 aromatic carbocycles. The van der Waals surface area contributed by atoms with E-state index in [0.29, 0.717) is 10.6 Å². The SMILES string of the molecule is COc1ccc(CC(C)Br)cc1[N+](=O)[O-]. The molecule has 0 radical (unpaired) electrons. The van der Waals surface area contributed by atoms with Gasteiger partial charge in [-0.3, -0.25) is 10.1 Å². The van der Waals surface area contributed by atoms with Gasteiger partial charge in [0.25, 0.3) is 0 Å². The number of benzene rings is 1. The molecule has 0 aliphatic heterocycles. The molecule has 1 aromatic rings. The van der Waals surface area contributed by atoms with Gasteiger partial charge in [-0.15, -0.1) is 0 Å². The second-order valence-corrected chi connectivity index (χ2v) is 4.81. The first-order chi connectivity index (χ1) is 7.04. The quantitative estimate of drug-likeness (QED) is 0.482. The third-order valence-electron chi connectivity index (χ3n) is 1.96. The van der Waals surface area contributed by atoms with Crippen LogP contribution in [0.5, 0.6) is 5.75 Å². The topological polar surface area (TPSA) is 52.4 Å². The van der Waals surface area contributed by atoms with E-state index in [1.54, 1.807) is 12.1 Å². The Morgan fingerprint density at radius 1 is 1.60 bits per heavy atom. The lowest BCUT2D eigenvalue weighted by atomic mass is 10.1. The zero-order valence-corrected chi connectivity index (χ0v) is 10.2. The van der Waals surface area contributed by atoms with Crippen LogP contribution in [0.3, 0.4) is 0 Å². The number of methoxy groups -OCH3 is 1. The lowest BCUT2D eigenvalue weighted by Gasteiger charge is -2.06. The summed E-state index contributed by atoms with van der Waals surface area (Å²) in [6, 6.07) is 5.02. The van der Waals surface area contributed by atoms with Crippen LogP contribution in [0.25, 0.3) is 0 Å². The van der Waals surface area contributed by atoms with Gasteiger partial charge in [0.15, 0.2) is 5.75 Å². The Labute approximate surface area is 96.5 Å². The lowest BCUT2D eigenvalue weighted by Crippen LogP contribution is -1.99. The summed E-state index contributed by atoms with van der Waals surface area (Å²) in [6.45, 7) is 2.00. The van der Waals surface area contributed by atoms with E-state index in [4.69, 9.17) is 4.74 Å². The third-order valence-corrected chi connectivity index (χ3v) is 2.28. The smallest absolute Gasteiger partial charge is 0.311 e. The molecule has 0 aliphatic carbocycles. The highest BCUT2D eigenvalue weighted by Gasteiger charge is 2.15. The van der Waals surface area contributed by atoms with Crippen molar-refractivity contribution < 1.29 is 9.66 Å². The first-order valence-corrected chi connectivity index (χ1v) is 5.41. The van der Waals surface area contributed by atoms with E-state index in [2.05, 4.69) is 15.9 Å². The molecule has 4 nitrogen and oxygen atoms in total. The molecule has 0 amide bonds. The van der Waals surface area contributed by atoms with Gasteiger partial charge in [-0.2, -0.15) is 0 Å². The number of hydrogen-bond acceptors (Lipinski definition) is 3. The number of halogens is 1. The Balaban J connectivity index is 3.05. The molecule has 0 aliphatic rings. The molecule has 0 saturated heterocycles. The van der Waals surface area contributed by atoms with Gasteiger partial charge < -0.3 is 4.74 Å². The minimum absolute atomic E-state index is 0.0168. The zero-order chi connectivity index (χ0) is 11.4. The first-order valence-electron chi connectivity index (χ1n) is 4.50. The van der Waals surface area contributed by atoms with Crippen LogP contribution in [0, 0.1) is 10.1 Å². The van der Waals surface area contributed by atoms with Crippen LogP contribution in [0.15, 0.2) is 18.2 Å². The van der Waals surface area contributed by atoms with Crippen molar-refractivity contribution in [3.8, 4) is 5.75 Å². The minimum atomic E-state index is -0.429. The predicted octanol–water partition coefficient (Wildman–Crippen LogP) is 2.93. The summed E-state index contributed by atoms with van der Waals surface area (Å²) in [6.07, 6.45) is 0.755. The molecule has 1 rings (SSSR count). The number of alkyl halides is 1. The average molecular weight is 274 g/mol. The van der Waals surface area contributed by atoms with Crippen molar-refractivity contribution in [2.75, 3.05) is 7.11 Å². The molecule has 0 spiro atoms. The fraction of sp³-hybridized carbons (Fsp3) is 0.400.